The Morgan fingerprint density at radius 3 is 2.50 bits per heavy atom. The van der Waals surface area contributed by atoms with Gasteiger partial charge in [0.1, 0.15) is 11.8 Å². The molecule has 10 unspecified atom stereocenters. The van der Waals surface area contributed by atoms with Crippen molar-refractivity contribution in [2.75, 3.05) is 25.4 Å². The van der Waals surface area contributed by atoms with Crippen molar-refractivity contribution in [2.45, 2.75) is 127 Å². The standard InChI is InChI=1S/C37H52FN5O5/c1-37(2,3)48-36(46)41-25-13-15-42(19-25)32-28(38)18-26-31-34(32)47-30-17-23-7-5-4-6-22(23)16-29(30)43(31)20-27(33(26)44)35(45)40-14-12-21-8-10-24(39)11-9-21/h8-11,20,22-23,25-26,28-32,34H,4-7,12-19,39H2,1-3H3,(H,40,45)(H,41,46). The monoisotopic (exact) mass is 665 g/mol. The number of hydrogen-bond donors (Lipinski definition) is 3. The molecular weight excluding hydrogens is 613 g/mol. The molecule has 3 heterocycles. The minimum Gasteiger partial charge on any atom is -0.444 e. The number of benzene rings is 1. The molecule has 6 aliphatic rings. The lowest BCUT2D eigenvalue weighted by molar-refractivity contribution is -0.219. The number of nitrogen functional groups attached to an aromatic ring is 1. The van der Waals surface area contributed by atoms with E-state index in [0.717, 1.165) is 18.4 Å². The zero-order valence-corrected chi connectivity index (χ0v) is 28.5. The SMILES string of the molecule is CC(C)(C)OC(=O)NC1CCN(C2C(F)CC3C(=O)C(C(=O)NCCc4ccc(N)cc4)=CN4C5CC6CCCCC6CC5OC2C34)C1. The number of amides is 2. The first-order valence-electron chi connectivity index (χ1n) is 18.1. The second-order valence-electron chi connectivity index (χ2n) is 16.1. The van der Waals surface area contributed by atoms with Crippen LogP contribution in [0, 0.1) is 17.8 Å². The van der Waals surface area contributed by atoms with E-state index in [9.17, 15) is 14.4 Å². The molecule has 2 saturated heterocycles. The van der Waals surface area contributed by atoms with Gasteiger partial charge in [0.25, 0.3) is 5.91 Å². The number of halogens is 1. The van der Waals surface area contributed by atoms with Gasteiger partial charge in [-0.15, -0.1) is 0 Å². The summed E-state index contributed by atoms with van der Waals surface area (Å²) in [6, 6.07) is 6.55. The largest absolute Gasteiger partial charge is 0.444 e. The Bertz CT molecular complexity index is 1410. The van der Waals surface area contributed by atoms with Gasteiger partial charge in [-0.25, -0.2) is 9.18 Å². The van der Waals surface area contributed by atoms with Crippen molar-refractivity contribution in [3.05, 3.63) is 41.6 Å². The van der Waals surface area contributed by atoms with Crippen LogP contribution >= 0.6 is 0 Å². The predicted octanol–water partition coefficient (Wildman–Crippen LogP) is 4.13. The van der Waals surface area contributed by atoms with Crippen LogP contribution in [0.5, 0.6) is 0 Å². The first-order chi connectivity index (χ1) is 22.9. The van der Waals surface area contributed by atoms with Crippen molar-refractivity contribution in [2.24, 2.45) is 17.8 Å². The topological polar surface area (TPSA) is 126 Å². The number of likely N-dealkylation sites (tertiary alicyclic amines) is 1. The van der Waals surface area contributed by atoms with Crippen LogP contribution in [0.25, 0.3) is 0 Å². The summed E-state index contributed by atoms with van der Waals surface area (Å²) >= 11 is 0. The van der Waals surface area contributed by atoms with Crippen LogP contribution in [0.1, 0.15) is 77.7 Å². The molecule has 48 heavy (non-hydrogen) atoms. The van der Waals surface area contributed by atoms with Crippen molar-refractivity contribution < 1.29 is 28.2 Å². The molecule has 1 aromatic rings. The Hall–Kier alpha value is -3.18. The highest BCUT2D eigenvalue weighted by Crippen LogP contribution is 2.51. The van der Waals surface area contributed by atoms with Crippen LogP contribution in [0.2, 0.25) is 0 Å². The Morgan fingerprint density at radius 2 is 1.77 bits per heavy atom. The number of ketones is 1. The summed E-state index contributed by atoms with van der Waals surface area (Å²) in [5.41, 5.74) is 7.06. The second kappa shape index (κ2) is 13.3. The minimum atomic E-state index is -1.31. The van der Waals surface area contributed by atoms with Gasteiger partial charge in [-0.3, -0.25) is 14.5 Å². The summed E-state index contributed by atoms with van der Waals surface area (Å²) in [6.45, 7) is 6.98. The lowest BCUT2D eigenvalue weighted by Gasteiger charge is -2.61. The second-order valence-corrected chi connectivity index (χ2v) is 16.1. The summed E-state index contributed by atoms with van der Waals surface area (Å²) in [5.74, 6) is -0.142. The average molecular weight is 666 g/mol. The number of alkyl carbamates (subject to hydrolysis) is 1. The molecule has 10 atom stereocenters. The average Bonchev–Trinajstić information content (AvgIpc) is 3.48. The highest BCUT2D eigenvalue weighted by atomic mass is 19.1. The number of nitrogens with one attached hydrogen (secondary N) is 2. The molecular formula is C37H52FN5O5. The Balaban J connectivity index is 1.12. The molecule has 11 heteroatoms. The maximum atomic E-state index is 16.6. The fourth-order valence-corrected chi connectivity index (χ4v) is 9.62. The van der Waals surface area contributed by atoms with Gasteiger partial charge in [0.15, 0.2) is 5.78 Å². The van der Waals surface area contributed by atoms with Crippen molar-refractivity contribution in [3.8, 4) is 0 Å². The van der Waals surface area contributed by atoms with Gasteiger partial charge in [0.05, 0.1) is 35.9 Å². The molecule has 1 aromatic carbocycles. The van der Waals surface area contributed by atoms with Crippen LogP contribution in [-0.4, -0.2) is 95.4 Å². The third-order valence-electron chi connectivity index (χ3n) is 11.7. The van der Waals surface area contributed by atoms with Gasteiger partial charge in [-0.2, -0.15) is 0 Å². The molecule has 3 saturated carbocycles. The van der Waals surface area contributed by atoms with E-state index < -0.39 is 41.8 Å². The molecule has 3 aliphatic carbocycles. The van der Waals surface area contributed by atoms with E-state index in [-0.39, 0.29) is 42.0 Å². The third-order valence-corrected chi connectivity index (χ3v) is 11.7. The Morgan fingerprint density at radius 1 is 1.04 bits per heavy atom. The third kappa shape index (κ3) is 6.69. The molecule has 262 valence electrons. The van der Waals surface area contributed by atoms with E-state index >= 15 is 4.39 Å². The summed E-state index contributed by atoms with van der Waals surface area (Å²) in [5, 5.41) is 5.94. The number of alkyl halides is 1. The minimum absolute atomic E-state index is 0.0463. The smallest absolute Gasteiger partial charge is 0.407 e. The molecule has 0 spiro atoms. The van der Waals surface area contributed by atoms with Gasteiger partial charge >= 0.3 is 6.09 Å². The molecule has 0 radical (unpaired) electrons. The quantitative estimate of drug-likeness (QED) is 0.306. The number of nitrogens with zero attached hydrogens (tertiary/aromatic N) is 2. The molecule has 0 aromatic heterocycles. The molecule has 3 aliphatic heterocycles. The zero-order chi connectivity index (χ0) is 33.7. The predicted molar refractivity (Wildman–Crippen MR) is 180 cm³/mol. The van der Waals surface area contributed by atoms with Crippen LogP contribution in [0.15, 0.2) is 36.0 Å². The van der Waals surface area contributed by atoms with E-state index in [0.29, 0.717) is 50.0 Å². The number of nitrogens with two attached hydrogens (primary N) is 1. The van der Waals surface area contributed by atoms with E-state index in [1.165, 1.54) is 25.7 Å². The van der Waals surface area contributed by atoms with Crippen molar-refractivity contribution in [3.63, 3.8) is 0 Å². The number of morpholine rings is 1. The van der Waals surface area contributed by atoms with Gasteiger partial charge in [0.2, 0.25) is 0 Å². The van der Waals surface area contributed by atoms with Crippen LogP contribution in [0.4, 0.5) is 14.9 Å². The van der Waals surface area contributed by atoms with Crippen LogP contribution < -0.4 is 16.4 Å². The molecule has 5 fully saturated rings. The van der Waals surface area contributed by atoms with E-state index in [2.05, 4.69) is 20.4 Å². The highest BCUT2D eigenvalue weighted by molar-refractivity contribution is 6.20. The fourth-order valence-electron chi connectivity index (χ4n) is 9.62. The number of hydrogen-bond acceptors (Lipinski definition) is 8. The van der Waals surface area contributed by atoms with E-state index in [1.54, 1.807) is 0 Å². The van der Waals surface area contributed by atoms with Gasteiger partial charge in [-0.05, 0) is 82.4 Å². The Labute approximate surface area is 283 Å². The maximum Gasteiger partial charge on any atom is 0.407 e. The van der Waals surface area contributed by atoms with Gasteiger partial charge in [-0.1, -0.05) is 37.8 Å². The van der Waals surface area contributed by atoms with Crippen molar-refractivity contribution >= 4 is 23.5 Å². The first-order valence-corrected chi connectivity index (χ1v) is 18.1. The van der Waals surface area contributed by atoms with Crippen molar-refractivity contribution in [1.82, 2.24) is 20.4 Å². The maximum absolute atomic E-state index is 16.6. The lowest BCUT2D eigenvalue weighted by atomic mass is 9.64. The van der Waals surface area contributed by atoms with E-state index in [4.69, 9.17) is 15.2 Å². The molecule has 2 amide bonds. The van der Waals surface area contributed by atoms with Crippen LogP contribution in [-0.2, 0) is 25.5 Å². The summed E-state index contributed by atoms with van der Waals surface area (Å²) in [6.07, 6.45) is 7.55. The number of carbonyl (C=O) groups excluding carboxylic acids is 3. The summed E-state index contributed by atoms with van der Waals surface area (Å²) in [7, 11) is 0. The number of Topliss-reactive ketones (excluding diaryl/α,β-unsaturated/α-hetero) is 1. The highest BCUT2D eigenvalue weighted by Gasteiger charge is 2.61. The number of carbonyl (C=O) groups is 3. The molecule has 4 N–H and O–H groups in total. The summed E-state index contributed by atoms with van der Waals surface area (Å²) < 4.78 is 29.0. The molecule has 10 nitrogen and oxygen atoms in total. The van der Waals surface area contributed by atoms with Gasteiger partial charge in [0, 0.05) is 43.5 Å². The fraction of sp³-hybridized carbons (Fsp3) is 0.703. The lowest BCUT2D eigenvalue weighted by Crippen LogP contribution is -2.73. The molecule has 0 bridgehead atoms. The number of rotatable bonds is 6. The van der Waals surface area contributed by atoms with Crippen LogP contribution in [0.3, 0.4) is 0 Å². The van der Waals surface area contributed by atoms with Gasteiger partial charge < -0.3 is 30.7 Å². The number of fused-ring (bicyclic) bond motifs is 3. The van der Waals surface area contributed by atoms with Crippen molar-refractivity contribution in [1.29, 1.82) is 0 Å². The number of anilines is 1. The normalized spacial score (nSPS) is 36.3. The summed E-state index contributed by atoms with van der Waals surface area (Å²) in [4.78, 5) is 44.6. The number of ether oxygens (including phenoxy) is 2. The van der Waals surface area contributed by atoms with E-state index in [1.807, 2.05) is 51.2 Å². The zero-order valence-electron chi connectivity index (χ0n) is 28.5. The molecule has 7 rings (SSSR count). The first kappa shape index (κ1) is 33.3. The Kier molecular flexibility index (Phi) is 9.21.